The number of carbonyl (C=O) groups excluding carboxylic acids is 1. The second-order valence-corrected chi connectivity index (χ2v) is 8.91. The minimum absolute atomic E-state index is 0.0281. The number of carbonyl (C=O) groups is 1. The number of nitrogens with zero attached hydrogens (tertiary/aromatic N) is 2. The number of aliphatic hydroxyl groups excluding tert-OH is 2. The van der Waals surface area contributed by atoms with Crippen molar-refractivity contribution in [2.75, 3.05) is 25.2 Å². The average molecular weight is 431 g/mol. The van der Waals surface area contributed by atoms with Crippen LogP contribution in [0, 0.1) is 0 Å². The van der Waals surface area contributed by atoms with E-state index >= 15 is 0 Å². The number of aliphatic hydroxyl groups is 2. The lowest BCUT2D eigenvalue weighted by atomic mass is 10.2. The number of hydrogen-bond donors (Lipinski definition) is 2. The Morgan fingerprint density at radius 1 is 1.20 bits per heavy atom. The van der Waals surface area contributed by atoms with E-state index in [0.717, 1.165) is 26.5 Å². The number of amides is 1. The largest absolute Gasteiger partial charge is 0.491 e. The lowest BCUT2D eigenvalue weighted by molar-refractivity contribution is 0.0536. The van der Waals surface area contributed by atoms with E-state index in [2.05, 4.69) is 4.98 Å². The summed E-state index contributed by atoms with van der Waals surface area (Å²) >= 11 is 1.52. The monoisotopic (exact) mass is 430 g/mol. The first kappa shape index (κ1) is 22.0. The van der Waals surface area contributed by atoms with Crippen molar-refractivity contribution in [3.63, 3.8) is 0 Å². The molecular formula is C22H26N2O5S. The number of anilines is 1. The van der Waals surface area contributed by atoms with Crippen LogP contribution in [0.15, 0.2) is 42.5 Å². The van der Waals surface area contributed by atoms with E-state index in [1.807, 2.05) is 57.2 Å². The van der Waals surface area contributed by atoms with Crippen molar-refractivity contribution < 1.29 is 24.5 Å². The van der Waals surface area contributed by atoms with Crippen molar-refractivity contribution in [2.45, 2.75) is 32.5 Å². The summed E-state index contributed by atoms with van der Waals surface area (Å²) < 4.78 is 11.9. The maximum Gasteiger partial charge on any atom is 0.414 e. The molecule has 1 heterocycles. The summed E-state index contributed by atoms with van der Waals surface area (Å²) in [6.45, 7) is 5.19. The summed E-state index contributed by atoms with van der Waals surface area (Å²) in [4.78, 5) is 18.4. The molecule has 3 rings (SSSR count). The van der Waals surface area contributed by atoms with Crippen LogP contribution in [0.1, 0.15) is 20.8 Å². The second kappa shape index (κ2) is 8.99. The van der Waals surface area contributed by atoms with E-state index in [-0.39, 0.29) is 13.2 Å². The third-order valence-electron chi connectivity index (χ3n) is 4.18. The van der Waals surface area contributed by atoms with Crippen LogP contribution in [0.3, 0.4) is 0 Å². The first-order chi connectivity index (χ1) is 14.2. The van der Waals surface area contributed by atoms with Crippen LogP contribution in [-0.4, -0.2) is 53.3 Å². The SMILES string of the molecule is CN(C(=O)OC(C)(C)C)c1ccc(-c2nc3ccc(OC[C@H](O)CO)cc3s2)cc1. The van der Waals surface area contributed by atoms with Crippen LogP contribution in [0.2, 0.25) is 0 Å². The Balaban J connectivity index is 1.75. The summed E-state index contributed by atoms with van der Waals surface area (Å²) in [5, 5.41) is 19.2. The molecule has 8 heteroatoms. The number of hydrogen-bond acceptors (Lipinski definition) is 7. The molecule has 3 aromatic rings. The van der Waals surface area contributed by atoms with Gasteiger partial charge in [0.2, 0.25) is 0 Å². The van der Waals surface area contributed by atoms with Crippen molar-refractivity contribution in [3.05, 3.63) is 42.5 Å². The summed E-state index contributed by atoms with van der Waals surface area (Å²) in [5.74, 6) is 0.611. The molecule has 1 aromatic heterocycles. The molecule has 0 spiro atoms. The normalized spacial score (nSPS) is 12.6. The molecule has 0 aliphatic carbocycles. The highest BCUT2D eigenvalue weighted by atomic mass is 32.1. The first-order valence-corrected chi connectivity index (χ1v) is 10.4. The van der Waals surface area contributed by atoms with Gasteiger partial charge in [-0.25, -0.2) is 9.78 Å². The second-order valence-electron chi connectivity index (χ2n) is 7.88. The molecule has 1 atom stereocenters. The van der Waals surface area contributed by atoms with Crippen LogP contribution < -0.4 is 9.64 Å². The standard InChI is InChI=1S/C22H26N2O5S/c1-22(2,3)29-21(27)24(4)15-7-5-14(6-8-15)20-23-18-10-9-17(11-19(18)30-20)28-13-16(26)12-25/h5-11,16,25-26H,12-13H2,1-4H3/t16-/m1/s1. The van der Waals surface area contributed by atoms with Crippen LogP contribution in [0.25, 0.3) is 20.8 Å². The number of rotatable bonds is 6. The van der Waals surface area contributed by atoms with Gasteiger partial charge < -0.3 is 19.7 Å². The van der Waals surface area contributed by atoms with Crippen molar-refractivity contribution in [1.29, 1.82) is 0 Å². The third kappa shape index (κ3) is 5.47. The molecule has 1 amide bonds. The Bertz CT molecular complexity index is 1010. The molecule has 0 fully saturated rings. The van der Waals surface area contributed by atoms with Gasteiger partial charge in [0.1, 0.15) is 29.1 Å². The van der Waals surface area contributed by atoms with Crippen LogP contribution in [-0.2, 0) is 4.74 Å². The van der Waals surface area contributed by atoms with Gasteiger partial charge in [0, 0.05) is 18.3 Å². The number of ether oxygens (including phenoxy) is 2. The van der Waals surface area contributed by atoms with E-state index in [4.69, 9.17) is 14.6 Å². The number of aromatic nitrogens is 1. The van der Waals surface area contributed by atoms with E-state index in [1.165, 1.54) is 16.2 Å². The predicted molar refractivity (Wildman–Crippen MR) is 118 cm³/mol. The van der Waals surface area contributed by atoms with Gasteiger partial charge in [-0.2, -0.15) is 0 Å². The third-order valence-corrected chi connectivity index (χ3v) is 5.25. The maximum atomic E-state index is 12.2. The summed E-state index contributed by atoms with van der Waals surface area (Å²) in [6, 6.07) is 13.1. The Labute approximate surface area is 179 Å². The number of fused-ring (bicyclic) bond motifs is 1. The molecule has 0 radical (unpaired) electrons. The number of benzene rings is 2. The van der Waals surface area contributed by atoms with Gasteiger partial charge in [0.05, 0.1) is 16.8 Å². The Hall–Kier alpha value is -2.68. The molecular weight excluding hydrogens is 404 g/mol. The zero-order chi connectivity index (χ0) is 21.9. The first-order valence-electron chi connectivity index (χ1n) is 9.56. The Kier molecular flexibility index (Phi) is 6.60. The van der Waals surface area contributed by atoms with Crippen LogP contribution >= 0.6 is 11.3 Å². The molecule has 0 aliphatic heterocycles. The lowest BCUT2D eigenvalue weighted by Crippen LogP contribution is -2.34. The fourth-order valence-electron chi connectivity index (χ4n) is 2.63. The highest BCUT2D eigenvalue weighted by Crippen LogP contribution is 2.33. The van der Waals surface area contributed by atoms with E-state index in [1.54, 1.807) is 13.1 Å². The van der Waals surface area contributed by atoms with Crippen LogP contribution in [0.4, 0.5) is 10.5 Å². The Morgan fingerprint density at radius 3 is 2.53 bits per heavy atom. The van der Waals surface area contributed by atoms with E-state index in [0.29, 0.717) is 5.75 Å². The average Bonchev–Trinajstić information content (AvgIpc) is 3.13. The highest BCUT2D eigenvalue weighted by Gasteiger charge is 2.20. The topological polar surface area (TPSA) is 92.1 Å². The fourth-order valence-corrected chi connectivity index (χ4v) is 3.63. The zero-order valence-corrected chi connectivity index (χ0v) is 18.3. The van der Waals surface area contributed by atoms with E-state index < -0.39 is 17.8 Å². The van der Waals surface area contributed by atoms with Crippen molar-refractivity contribution in [2.24, 2.45) is 0 Å². The Morgan fingerprint density at radius 2 is 1.90 bits per heavy atom. The van der Waals surface area contributed by atoms with Crippen LogP contribution in [0.5, 0.6) is 5.75 Å². The summed E-state index contributed by atoms with van der Waals surface area (Å²) in [5.41, 5.74) is 1.97. The summed E-state index contributed by atoms with van der Waals surface area (Å²) in [6.07, 6.45) is -1.32. The van der Waals surface area contributed by atoms with E-state index in [9.17, 15) is 9.90 Å². The maximum absolute atomic E-state index is 12.2. The molecule has 2 N–H and O–H groups in total. The van der Waals surface area contributed by atoms with Gasteiger partial charge in [-0.1, -0.05) is 0 Å². The number of thiazole rings is 1. The van der Waals surface area contributed by atoms with Crippen molar-refractivity contribution in [1.82, 2.24) is 4.98 Å². The highest BCUT2D eigenvalue weighted by molar-refractivity contribution is 7.21. The lowest BCUT2D eigenvalue weighted by Gasteiger charge is -2.24. The van der Waals surface area contributed by atoms with Crippen molar-refractivity contribution in [3.8, 4) is 16.3 Å². The summed E-state index contributed by atoms with van der Waals surface area (Å²) in [7, 11) is 1.68. The molecule has 0 saturated carbocycles. The zero-order valence-electron chi connectivity index (χ0n) is 17.5. The van der Waals surface area contributed by atoms with Gasteiger partial charge in [0.25, 0.3) is 0 Å². The molecule has 7 nitrogen and oxygen atoms in total. The molecule has 0 saturated heterocycles. The molecule has 0 unspecified atom stereocenters. The van der Waals surface area contributed by atoms with Gasteiger partial charge in [-0.3, -0.25) is 4.90 Å². The predicted octanol–water partition coefficient (Wildman–Crippen LogP) is 4.07. The van der Waals surface area contributed by atoms with Gasteiger partial charge >= 0.3 is 6.09 Å². The van der Waals surface area contributed by atoms with Gasteiger partial charge in [0.15, 0.2) is 0 Å². The smallest absolute Gasteiger partial charge is 0.414 e. The van der Waals surface area contributed by atoms with Gasteiger partial charge in [-0.05, 0) is 63.2 Å². The molecule has 30 heavy (non-hydrogen) atoms. The molecule has 0 aliphatic rings. The van der Waals surface area contributed by atoms with Crippen molar-refractivity contribution >= 4 is 33.3 Å². The minimum atomic E-state index is -0.907. The molecule has 160 valence electrons. The minimum Gasteiger partial charge on any atom is -0.491 e. The molecule has 2 aromatic carbocycles. The molecule has 0 bridgehead atoms. The quantitative estimate of drug-likeness (QED) is 0.613. The van der Waals surface area contributed by atoms with Gasteiger partial charge in [-0.15, -0.1) is 11.3 Å². The fraction of sp³-hybridized carbons (Fsp3) is 0.364.